The van der Waals surface area contributed by atoms with Gasteiger partial charge in [-0.1, -0.05) is 0 Å². The highest BCUT2D eigenvalue weighted by atomic mass is 32.2. The van der Waals surface area contributed by atoms with Gasteiger partial charge >= 0.3 is 0 Å². The maximum Gasteiger partial charge on any atom is 0.144 e. The first-order chi connectivity index (χ1) is 8.53. The summed E-state index contributed by atoms with van der Waals surface area (Å²) >= 11 is 1.60. The average Bonchev–Trinajstić information content (AvgIpc) is 2.30. The van der Waals surface area contributed by atoms with Crippen LogP contribution in [0.4, 0.5) is 5.82 Å². The van der Waals surface area contributed by atoms with Gasteiger partial charge in [-0.25, -0.2) is 4.98 Å². The quantitative estimate of drug-likeness (QED) is 0.853. The summed E-state index contributed by atoms with van der Waals surface area (Å²) in [5, 5.41) is 21.7. The minimum Gasteiger partial charge on any atom is -0.395 e. The summed E-state index contributed by atoms with van der Waals surface area (Å²) in [4.78, 5) is 4.37. The van der Waals surface area contributed by atoms with E-state index in [1.807, 2.05) is 33.1 Å². The van der Waals surface area contributed by atoms with E-state index in [0.29, 0.717) is 11.4 Å². The van der Waals surface area contributed by atoms with E-state index in [1.165, 1.54) is 0 Å². The van der Waals surface area contributed by atoms with Crippen molar-refractivity contribution in [2.45, 2.75) is 32.1 Å². The van der Waals surface area contributed by atoms with Crippen LogP contribution < -0.4 is 5.32 Å². The first-order valence-electron chi connectivity index (χ1n) is 5.82. The normalized spacial score (nSPS) is 13.8. The van der Waals surface area contributed by atoms with Crippen LogP contribution in [-0.4, -0.2) is 34.2 Å². The maximum atomic E-state index is 9.26. The first kappa shape index (κ1) is 14.8. The fraction of sp³-hybridized carbons (Fsp3) is 0.538. The number of anilines is 1. The number of rotatable bonds is 5. The second kappa shape index (κ2) is 6.62. The molecule has 0 radical (unpaired) electrons. The predicted molar refractivity (Wildman–Crippen MR) is 75.9 cm³/mol. The fourth-order valence-electron chi connectivity index (χ4n) is 1.83. The summed E-state index contributed by atoms with van der Waals surface area (Å²) < 4.78 is 0. The molecule has 0 fully saturated rings. The van der Waals surface area contributed by atoms with E-state index in [4.69, 9.17) is 0 Å². The fourth-order valence-corrected chi connectivity index (χ4v) is 2.45. The Bertz CT molecular complexity index is 452. The number of hydrogen-bond donors (Lipinski definition) is 2. The molecule has 0 saturated carbocycles. The van der Waals surface area contributed by atoms with Gasteiger partial charge in [-0.3, -0.25) is 0 Å². The molecule has 4 nitrogen and oxygen atoms in total. The summed E-state index contributed by atoms with van der Waals surface area (Å²) in [6.45, 7) is 5.89. The van der Waals surface area contributed by atoms with Crippen molar-refractivity contribution in [2.24, 2.45) is 0 Å². The lowest BCUT2D eigenvalue weighted by molar-refractivity contribution is 0.288. The maximum absolute atomic E-state index is 9.26. The van der Waals surface area contributed by atoms with Crippen molar-refractivity contribution in [3.8, 4) is 6.07 Å². The van der Waals surface area contributed by atoms with E-state index in [9.17, 15) is 10.4 Å². The molecule has 0 bridgehead atoms. The van der Waals surface area contributed by atoms with Gasteiger partial charge in [0.25, 0.3) is 0 Å². The second-order valence-corrected chi connectivity index (χ2v) is 5.38. The Morgan fingerprint density at radius 1 is 1.56 bits per heavy atom. The number of aliphatic hydroxyl groups excluding tert-OH is 1. The number of aryl methyl sites for hydroxylation is 2. The van der Waals surface area contributed by atoms with E-state index in [0.717, 1.165) is 11.3 Å². The summed E-state index contributed by atoms with van der Waals surface area (Å²) in [6.07, 6.45) is 1.96. The minimum atomic E-state index is 0.0470. The van der Waals surface area contributed by atoms with E-state index in [1.54, 1.807) is 11.8 Å². The lowest BCUT2D eigenvalue weighted by Gasteiger charge is -2.22. The number of aliphatic hydroxyl groups is 1. The van der Waals surface area contributed by atoms with Crippen LogP contribution in [0, 0.1) is 25.2 Å². The van der Waals surface area contributed by atoms with E-state index in [-0.39, 0.29) is 17.9 Å². The molecular formula is C13H19N3OS. The number of nitrogens with one attached hydrogen (secondary N) is 1. The summed E-state index contributed by atoms with van der Waals surface area (Å²) in [5.74, 6) is 0.606. The summed E-state index contributed by atoms with van der Waals surface area (Å²) in [5.41, 5.74) is 2.38. The molecule has 1 aromatic rings. The molecule has 2 atom stereocenters. The molecule has 1 aromatic heterocycles. The van der Waals surface area contributed by atoms with Crippen molar-refractivity contribution in [2.75, 3.05) is 18.2 Å². The van der Waals surface area contributed by atoms with Gasteiger partial charge in [-0.15, -0.1) is 0 Å². The van der Waals surface area contributed by atoms with Crippen molar-refractivity contribution in [1.82, 2.24) is 4.98 Å². The molecule has 0 aliphatic rings. The Hall–Kier alpha value is -1.25. The van der Waals surface area contributed by atoms with Crippen molar-refractivity contribution in [3.63, 3.8) is 0 Å². The monoisotopic (exact) mass is 265 g/mol. The molecule has 0 spiro atoms. The zero-order valence-electron chi connectivity index (χ0n) is 11.2. The van der Waals surface area contributed by atoms with Crippen LogP contribution in [0.2, 0.25) is 0 Å². The van der Waals surface area contributed by atoms with Gasteiger partial charge in [-0.05, 0) is 38.7 Å². The minimum absolute atomic E-state index is 0.0470. The molecular weight excluding hydrogens is 246 g/mol. The molecule has 1 rings (SSSR count). The average molecular weight is 265 g/mol. The highest BCUT2D eigenvalue weighted by Gasteiger charge is 2.17. The van der Waals surface area contributed by atoms with Gasteiger partial charge < -0.3 is 10.4 Å². The Kier molecular flexibility index (Phi) is 5.45. The van der Waals surface area contributed by atoms with Gasteiger partial charge in [0.05, 0.1) is 12.2 Å². The molecule has 0 saturated heterocycles. The Balaban J connectivity index is 3.00. The van der Waals surface area contributed by atoms with E-state index in [2.05, 4.69) is 16.4 Å². The molecule has 0 aliphatic carbocycles. The van der Waals surface area contributed by atoms with Crippen molar-refractivity contribution < 1.29 is 5.11 Å². The third kappa shape index (κ3) is 3.37. The van der Waals surface area contributed by atoms with Gasteiger partial charge in [0.2, 0.25) is 0 Å². The molecule has 1 heterocycles. The van der Waals surface area contributed by atoms with Crippen LogP contribution in [0.3, 0.4) is 0 Å². The van der Waals surface area contributed by atoms with Crippen LogP contribution >= 0.6 is 11.8 Å². The molecule has 0 aromatic carbocycles. The number of pyridine rings is 1. The van der Waals surface area contributed by atoms with E-state index < -0.39 is 0 Å². The van der Waals surface area contributed by atoms with Gasteiger partial charge in [0.1, 0.15) is 11.9 Å². The molecule has 2 N–H and O–H groups in total. The third-order valence-corrected chi connectivity index (χ3v) is 4.02. The van der Waals surface area contributed by atoms with Crippen LogP contribution in [0.5, 0.6) is 0 Å². The molecule has 2 unspecified atom stereocenters. The Morgan fingerprint density at radius 3 is 2.72 bits per heavy atom. The summed E-state index contributed by atoms with van der Waals surface area (Å²) in [6, 6.07) is 4.12. The number of thioether (sulfide) groups is 1. The van der Waals surface area contributed by atoms with Crippen LogP contribution in [-0.2, 0) is 0 Å². The Morgan fingerprint density at radius 2 is 2.22 bits per heavy atom. The lowest BCUT2D eigenvalue weighted by Crippen LogP contribution is -2.31. The van der Waals surface area contributed by atoms with Crippen LogP contribution in [0.25, 0.3) is 0 Å². The van der Waals surface area contributed by atoms with Crippen LogP contribution in [0.15, 0.2) is 6.07 Å². The summed E-state index contributed by atoms with van der Waals surface area (Å²) in [7, 11) is 0. The topological polar surface area (TPSA) is 68.9 Å². The van der Waals surface area contributed by atoms with Crippen molar-refractivity contribution >= 4 is 17.6 Å². The molecule has 0 amide bonds. The molecule has 0 aliphatic heterocycles. The largest absolute Gasteiger partial charge is 0.395 e. The first-order valence-corrected chi connectivity index (χ1v) is 7.10. The Labute approximate surface area is 112 Å². The highest BCUT2D eigenvalue weighted by Crippen LogP contribution is 2.21. The standard InChI is InChI=1S/C13H19N3OS/c1-8-5-9(2)15-13(11(8)6-14)16-10(3)12(7-17)18-4/h5,10,12,17H,7H2,1-4H3,(H,15,16). The zero-order valence-corrected chi connectivity index (χ0v) is 12.0. The van der Waals surface area contributed by atoms with Crippen molar-refractivity contribution in [3.05, 3.63) is 22.9 Å². The predicted octanol–water partition coefficient (Wildman–Crippen LogP) is 2.09. The highest BCUT2D eigenvalue weighted by molar-refractivity contribution is 7.99. The van der Waals surface area contributed by atoms with Gasteiger partial charge in [0.15, 0.2) is 0 Å². The van der Waals surface area contributed by atoms with E-state index >= 15 is 0 Å². The number of nitrogens with zero attached hydrogens (tertiary/aromatic N) is 2. The third-order valence-electron chi connectivity index (χ3n) is 2.86. The number of hydrogen-bond acceptors (Lipinski definition) is 5. The SMILES string of the molecule is CSC(CO)C(C)Nc1nc(C)cc(C)c1C#N. The van der Waals surface area contributed by atoms with Gasteiger partial charge in [0, 0.05) is 17.0 Å². The van der Waals surface area contributed by atoms with Crippen molar-refractivity contribution in [1.29, 1.82) is 5.26 Å². The second-order valence-electron chi connectivity index (χ2n) is 4.31. The zero-order chi connectivity index (χ0) is 13.7. The smallest absolute Gasteiger partial charge is 0.144 e. The van der Waals surface area contributed by atoms with Crippen LogP contribution in [0.1, 0.15) is 23.7 Å². The molecule has 5 heteroatoms. The molecule has 18 heavy (non-hydrogen) atoms. The number of nitriles is 1. The van der Waals surface area contributed by atoms with Gasteiger partial charge in [-0.2, -0.15) is 17.0 Å². The number of aromatic nitrogens is 1. The lowest BCUT2D eigenvalue weighted by atomic mass is 10.1. The molecule has 98 valence electrons.